The van der Waals surface area contributed by atoms with Crippen LogP contribution in [-0.2, 0) is 10.0 Å². The van der Waals surface area contributed by atoms with Gasteiger partial charge in [-0.05, 0) is 30.3 Å². The second kappa shape index (κ2) is 6.49. The smallest absolute Gasteiger partial charge is 0.283 e. The second-order valence-electron chi connectivity index (χ2n) is 4.73. The number of nitrogens with one attached hydrogen (secondary N) is 1. The summed E-state index contributed by atoms with van der Waals surface area (Å²) >= 11 is 5.75. The number of hydrogen-bond acceptors (Lipinski definition) is 7. The summed E-state index contributed by atoms with van der Waals surface area (Å²) in [5.74, 6) is -1.39. The fourth-order valence-corrected chi connectivity index (χ4v) is 3.35. The second-order valence-corrected chi connectivity index (χ2v) is 6.94. The lowest BCUT2D eigenvalue weighted by molar-refractivity contribution is 0.104. The number of nitrogens with zero attached hydrogens (tertiary/aromatic N) is 4. The molecule has 0 spiro atoms. The molecule has 128 valence electrons. The van der Waals surface area contributed by atoms with E-state index in [1.165, 1.54) is 42.9 Å². The van der Waals surface area contributed by atoms with Crippen LogP contribution in [0, 0.1) is 0 Å². The fraction of sp³-hybridized carbons (Fsp3) is 0. The van der Waals surface area contributed by atoms with E-state index in [1.807, 2.05) is 0 Å². The first-order valence-electron chi connectivity index (χ1n) is 6.76. The molecule has 0 saturated carbocycles. The van der Waals surface area contributed by atoms with Gasteiger partial charge in [-0.2, -0.15) is 18.6 Å². The Bertz CT molecular complexity index is 1040. The molecule has 0 fully saturated rings. The zero-order valence-electron chi connectivity index (χ0n) is 12.4. The normalized spacial score (nSPS) is 12.3. The maximum Gasteiger partial charge on any atom is 0.283 e. The van der Waals surface area contributed by atoms with Crippen molar-refractivity contribution in [3.8, 4) is 0 Å². The predicted octanol–water partition coefficient (Wildman–Crippen LogP) is 1.67. The standard InChI is InChI=1S/C14H10ClN5O4S/c15-9-1-3-10(4-2-9)25(23,24)20-11(5-6-18-20)12(21)7-13(22)14-16-8-17-19-14/h1-8,22H,(H,16,17,19). The zero-order valence-corrected chi connectivity index (χ0v) is 13.9. The van der Waals surface area contributed by atoms with Crippen LogP contribution in [0.25, 0.3) is 5.76 Å². The molecule has 9 nitrogen and oxygen atoms in total. The molecule has 0 atom stereocenters. The van der Waals surface area contributed by atoms with Crippen LogP contribution in [0.4, 0.5) is 0 Å². The molecule has 11 heteroatoms. The topological polar surface area (TPSA) is 131 Å². The molecule has 25 heavy (non-hydrogen) atoms. The molecule has 0 aliphatic carbocycles. The molecular weight excluding hydrogens is 370 g/mol. The Labute approximate surface area is 146 Å². The van der Waals surface area contributed by atoms with E-state index in [2.05, 4.69) is 20.3 Å². The number of halogens is 1. The number of benzene rings is 1. The monoisotopic (exact) mass is 379 g/mol. The first kappa shape index (κ1) is 16.9. The highest BCUT2D eigenvalue weighted by Crippen LogP contribution is 2.19. The fourth-order valence-electron chi connectivity index (χ4n) is 1.96. The molecule has 1 aromatic carbocycles. The van der Waals surface area contributed by atoms with Crippen molar-refractivity contribution in [1.82, 2.24) is 24.4 Å². The van der Waals surface area contributed by atoms with Gasteiger partial charge in [0.1, 0.15) is 12.0 Å². The number of carbonyl (C=O) groups is 1. The number of H-pyrrole nitrogens is 1. The highest BCUT2D eigenvalue weighted by Gasteiger charge is 2.24. The molecule has 2 aromatic heterocycles. The maximum absolute atomic E-state index is 12.6. The summed E-state index contributed by atoms with van der Waals surface area (Å²) < 4.78 is 25.9. The van der Waals surface area contributed by atoms with Crippen molar-refractivity contribution in [3.63, 3.8) is 0 Å². The molecule has 0 aliphatic rings. The highest BCUT2D eigenvalue weighted by atomic mass is 35.5. The van der Waals surface area contributed by atoms with E-state index in [0.29, 0.717) is 9.11 Å². The summed E-state index contributed by atoms with van der Waals surface area (Å²) in [6.45, 7) is 0. The third kappa shape index (κ3) is 3.30. The van der Waals surface area contributed by atoms with E-state index >= 15 is 0 Å². The highest BCUT2D eigenvalue weighted by molar-refractivity contribution is 7.89. The lowest BCUT2D eigenvalue weighted by Crippen LogP contribution is -2.19. The predicted molar refractivity (Wildman–Crippen MR) is 87.6 cm³/mol. The minimum atomic E-state index is -4.10. The minimum Gasteiger partial charge on any atom is -0.504 e. The van der Waals surface area contributed by atoms with Crippen molar-refractivity contribution in [2.75, 3.05) is 0 Å². The van der Waals surface area contributed by atoms with Crippen molar-refractivity contribution < 1.29 is 18.3 Å². The number of aliphatic hydroxyl groups is 1. The van der Waals surface area contributed by atoms with Crippen LogP contribution in [0.15, 0.2) is 53.8 Å². The molecular formula is C14H10ClN5O4S. The number of carbonyl (C=O) groups excluding carboxylic acids is 1. The van der Waals surface area contributed by atoms with Gasteiger partial charge in [-0.15, -0.1) is 4.09 Å². The van der Waals surface area contributed by atoms with E-state index < -0.39 is 21.6 Å². The number of ketones is 1. The van der Waals surface area contributed by atoms with Gasteiger partial charge in [0, 0.05) is 11.1 Å². The molecule has 0 bridgehead atoms. The third-order valence-electron chi connectivity index (χ3n) is 3.11. The number of hydrogen-bond donors (Lipinski definition) is 2. The molecule has 0 aliphatic heterocycles. The Morgan fingerprint density at radius 3 is 2.60 bits per heavy atom. The van der Waals surface area contributed by atoms with Gasteiger partial charge in [0.15, 0.2) is 5.76 Å². The molecule has 0 saturated heterocycles. The number of aromatic amines is 1. The van der Waals surface area contributed by atoms with Crippen LogP contribution in [0.3, 0.4) is 0 Å². The van der Waals surface area contributed by atoms with E-state index in [1.54, 1.807) is 0 Å². The summed E-state index contributed by atoms with van der Waals surface area (Å²) in [6.07, 6.45) is 3.20. The van der Waals surface area contributed by atoms with E-state index in [-0.39, 0.29) is 16.4 Å². The van der Waals surface area contributed by atoms with Crippen LogP contribution in [0.2, 0.25) is 5.02 Å². The molecule has 0 unspecified atom stereocenters. The van der Waals surface area contributed by atoms with Gasteiger partial charge >= 0.3 is 0 Å². The van der Waals surface area contributed by atoms with Crippen molar-refractivity contribution in [2.24, 2.45) is 0 Å². The number of rotatable bonds is 5. The number of aliphatic hydroxyl groups excluding tert-OH is 1. The van der Waals surface area contributed by atoms with E-state index in [4.69, 9.17) is 11.6 Å². The molecule has 0 radical (unpaired) electrons. The number of allylic oxidation sites excluding steroid dienone is 1. The molecule has 3 rings (SSSR count). The lowest BCUT2D eigenvalue weighted by Gasteiger charge is -2.07. The van der Waals surface area contributed by atoms with Crippen LogP contribution in [0.1, 0.15) is 16.3 Å². The van der Waals surface area contributed by atoms with Crippen LogP contribution < -0.4 is 0 Å². The van der Waals surface area contributed by atoms with Crippen LogP contribution in [-0.4, -0.2) is 43.7 Å². The first-order valence-corrected chi connectivity index (χ1v) is 8.57. The largest absolute Gasteiger partial charge is 0.504 e. The summed E-state index contributed by atoms with van der Waals surface area (Å²) in [4.78, 5) is 15.9. The Morgan fingerprint density at radius 2 is 1.96 bits per heavy atom. The Kier molecular flexibility index (Phi) is 4.38. The first-order chi connectivity index (χ1) is 11.9. The van der Waals surface area contributed by atoms with Gasteiger partial charge in [0.05, 0.1) is 11.1 Å². The van der Waals surface area contributed by atoms with Crippen LogP contribution >= 0.6 is 11.6 Å². The van der Waals surface area contributed by atoms with Crippen LogP contribution in [0.5, 0.6) is 0 Å². The average molecular weight is 380 g/mol. The SMILES string of the molecule is O=C(C=C(O)c1nc[nH]n1)c1ccnn1S(=O)(=O)c1ccc(Cl)cc1. The molecule has 2 heterocycles. The molecule has 0 amide bonds. The Morgan fingerprint density at radius 1 is 1.24 bits per heavy atom. The average Bonchev–Trinajstić information content (AvgIpc) is 3.27. The van der Waals surface area contributed by atoms with Crippen molar-refractivity contribution >= 4 is 33.2 Å². The van der Waals surface area contributed by atoms with Crippen molar-refractivity contribution in [3.05, 3.63) is 65.5 Å². The van der Waals surface area contributed by atoms with E-state index in [0.717, 1.165) is 6.08 Å². The van der Waals surface area contributed by atoms with Gasteiger partial charge in [-0.3, -0.25) is 9.89 Å². The Balaban J connectivity index is 1.99. The minimum absolute atomic E-state index is 0.0863. The lowest BCUT2D eigenvalue weighted by atomic mass is 10.2. The summed E-state index contributed by atoms with van der Waals surface area (Å²) in [5.41, 5.74) is -0.253. The summed E-state index contributed by atoms with van der Waals surface area (Å²) in [5, 5.41) is 19.9. The quantitative estimate of drug-likeness (QED) is 0.391. The van der Waals surface area contributed by atoms with Gasteiger partial charge in [-0.1, -0.05) is 11.6 Å². The third-order valence-corrected chi connectivity index (χ3v) is 4.98. The van der Waals surface area contributed by atoms with Crippen molar-refractivity contribution in [1.29, 1.82) is 0 Å². The van der Waals surface area contributed by atoms with Crippen molar-refractivity contribution in [2.45, 2.75) is 4.90 Å². The zero-order chi connectivity index (χ0) is 18.0. The van der Waals surface area contributed by atoms with Gasteiger partial charge in [-0.25, -0.2) is 4.98 Å². The van der Waals surface area contributed by atoms with Gasteiger partial charge in [0.2, 0.25) is 11.6 Å². The molecule has 2 N–H and O–H groups in total. The van der Waals surface area contributed by atoms with Gasteiger partial charge < -0.3 is 5.11 Å². The molecule has 3 aromatic rings. The number of aromatic nitrogens is 5. The van der Waals surface area contributed by atoms with Gasteiger partial charge in [0.25, 0.3) is 10.0 Å². The maximum atomic E-state index is 12.6. The van der Waals surface area contributed by atoms with E-state index in [9.17, 15) is 18.3 Å². The Hall–Kier alpha value is -2.98. The summed E-state index contributed by atoms with van der Waals surface area (Å²) in [6, 6.07) is 6.64. The summed E-state index contributed by atoms with van der Waals surface area (Å²) in [7, 11) is -4.10.